The van der Waals surface area contributed by atoms with Crippen LogP contribution in [0.15, 0.2) is 60.3 Å². The summed E-state index contributed by atoms with van der Waals surface area (Å²) in [6.07, 6.45) is 1.72. The third kappa shape index (κ3) is 7.27. The number of halogens is 1. The summed E-state index contributed by atoms with van der Waals surface area (Å²) in [7, 11) is 3.09. The molecule has 1 heterocycles. The number of benzene rings is 2. The molecule has 2 N–H and O–H groups in total. The van der Waals surface area contributed by atoms with E-state index in [-0.39, 0.29) is 23.5 Å². The molecule has 3 aromatic rings. The van der Waals surface area contributed by atoms with Gasteiger partial charge >= 0.3 is 0 Å². The van der Waals surface area contributed by atoms with Gasteiger partial charge in [0.1, 0.15) is 11.5 Å². The summed E-state index contributed by atoms with van der Waals surface area (Å²) in [5.74, 6) is 1.36. The van der Waals surface area contributed by atoms with Crippen molar-refractivity contribution in [3.05, 3.63) is 71.5 Å². The van der Waals surface area contributed by atoms with Crippen molar-refractivity contribution >= 4 is 40.9 Å². The summed E-state index contributed by atoms with van der Waals surface area (Å²) < 4.78 is 12.3. The van der Waals surface area contributed by atoms with Gasteiger partial charge in [0.25, 0.3) is 5.91 Å². The van der Waals surface area contributed by atoms with Gasteiger partial charge in [0.2, 0.25) is 5.91 Å². The fourth-order valence-corrected chi connectivity index (χ4v) is 4.46. The number of allylic oxidation sites excluding steroid dienone is 1. The van der Waals surface area contributed by atoms with Crippen LogP contribution in [0.3, 0.4) is 0 Å². The predicted molar refractivity (Wildman–Crippen MR) is 146 cm³/mol. The minimum atomic E-state index is -0.416. The highest BCUT2D eigenvalue weighted by Gasteiger charge is 2.26. The molecular formula is C26H30ClN5O4S. The van der Waals surface area contributed by atoms with Gasteiger partial charge in [0.15, 0.2) is 11.0 Å². The number of anilines is 1. The summed E-state index contributed by atoms with van der Waals surface area (Å²) in [5.41, 5.74) is 0.985. The molecule has 2 amide bonds. The highest BCUT2D eigenvalue weighted by molar-refractivity contribution is 7.99. The number of carbonyl (C=O) groups excluding carboxylic acids is 2. The van der Waals surface area contributed by atoms with Crippen LogP contribution < -0.4 is 20.1 Å². The highest BCUT2D eigenvalue weighted by Crippen LogP contribution is 2.29. The van der Waals surface area contributed by atoms with E-state index in [1.165, 1.54) is 18.9 Å². The Bertz CT molecular complexity index is 1250. The van der Waals surface area contributed by atoms with E-state index in [4.69, 9.17) is 21.1 Å². The molecule has 0 aliphatic heterocycles. The highest BCUT2D eigenvalue weighted by atomic mass is 35.5. The molecule has 2 aromatic carbocycles. The van der Waals surface area contributed by atoms with Gasteiger partial charge in [0.05, 0.1) is 31.7 Å². The van der Waals surface area contributed by atoms with Gasteiger partial charge in [-0.15, -0.1) is 16.8 Å². The van der Waals surface area contributed by atoms with Crippen molar-refractivity contribution in [2.45, 2.75) is 31.6 Å². The lowest BCUT2D eigenvalue weighted by Gasteiger charge is -2.22. The maximum absolute atomic E-state index is 13.0. The van der Waals surface area contributed by atoms with Gasteiger partial charge in [-0.1, -0.05) is 43.3 Å². The topological polar surface area (TPSA) is 107 Å². The van der Waals surface area contributed by atoms with Crippen molar-refractivity contribution < 1.29 is 19.1 Å². The zero-order valence-corrected chi connectivity index (χ0v) is 22.7. The Kier molecular flexibility index (Phi) is 9.99. The van der Waals surface area contributed by atoms with Crippen molar-refractivity contribution in [2.24, 2.45) is 5.92 Å². The first kappa shape index (κ1) is 28.1. The molecule has 0 bridgehead atoms. The van der Waals surface area contributed by atoms with Crippen LogP contribution in [0, 0.1) is 5.92 Å². The van der Waals surface area contributed by atoms with Gasteiger partial charge in [-0.2, -0.15) is 0 Å². The van der Waals surface area contributed by atoms with Gasteiger partial charge in [0, 0.05) is 17.1 Å². The Balaban J connectivity index is 1.75. The first-order chi connectivity index (χ1) is 17.8. The fourth-order valence-electron chi connectivity index (χ4n) is 3.53. The minimum Gasteiger partial charge on any atom is -0.497 e. The lowest BCUT2D eigenvalue weighted by Crippen LogP contribution is -2.33. The van der Waals surface area contributed by atoms with Gasteiger partial charge in [-0.25, -0.2) is 0 Å². The SMILES string of the molecule is C=CCn1c(SCC(=O)Nc2cc(Cl)ccc2OC)nnc1C(NC(=O)c1ccc(OC)cc1)C(C)C. The Labute approximate surface area is 225 Å². The van der Waals surface area contributed by atoms with Gasteiger partial charge in [-0.05, 0) is 48.4 Å². The maximum Gasteiger partial charge on any atom is 0.251 e. The summed E-state index contributed by atoms with van der Waals surface area (Å²) in [6.45, 7) is 8.23. The summed E-state index contributed by atoms with van der Waals surface area (Å²) in [5, 5.41) is 15.6. The first-order valence-corrected chi connectivity index (χ1v) is 12.9. The number of hydrogen-bond acceptors (Lipinski definition) is 7. The second kappa shape index (κ2) is 13.2. The Hall–Kier alpha value is -3.50. The predicted octanol–water partition coefficient (Wildman–Crippen LogP) is 4.99. The maximum atomic E-state index is 13.0. The van der Waals surface area contributed by atoms with Crippen molar-refractivity contribution in [1.29, 1.82) is 0 Å². The molecule has 0 aliphatic rings. The number of ether oxygens (including phenoxy) is 2. The van der Waals surface area contributed by atoms with Crippen LogP contribution >= 0.6 is 23.4 Å². The second-order valence-corrected chi connectivity index (χ2v) is 9.72. The van der Waals surface area contributed by atoms with Crippen LogP contribution in [0.5, 0.6) is 11.5 Å². The number of rotatable bonds is 12. The molecule has 11 heteroatoms. The molecule has 37 heavy (non-hydrogen) atoms. The lowest BCUT2D eigenvalue weighted by molar-refractivity contribution is -0.113. The third-order valence-corrected chi connectivity index (χ3v) is 6.61. The molecule has 196 valence electrons. The second-order valence-electron chi connectivity index (χ2n) is 8.35. The fraction of sp³-hybridized carbons (Fsp3) is 0.308. The van der Waals surface area contributed by atoms with Crippen molar-refractivity contribution in [3.8, 4) is 11.5 Å². The molecule has 0 radical (unpaired) electrons. The number of nitrogens with one attached hydrogen (secondary N) is 2. The molecule has 0 spiro atoms. The smallest absolute Gasteiger partial charge is 0.251 e. The zero-order chi connectivity index (χ0) is 26.9. The van der Waals surface area contributed by atoms with Crippen LogP contribution in [0.25, 0.3) is 0 Å². The molecule has 0 fully saturated rings. The van der Waals surface area contributed by atoms with Crippen LogP contribution in [0.1, 0.15) is 36.1 Å². The standard InChI is InChI=1S/C26H30ClN5O4S/c1-6-13-32-24(23(16(2)3)29-25(34)17-7-10-19(35-4)11-8-17)30-31-26(32)37-15-22(33)28-20-14-18(27)9-12-21(20)36-5/h6-12,14,16,23H,1,13,15H2,2-5H3,(H,28,33)(H,29,34). The van der Waals surface area contributed by atoms with E-state index in [0.29, 0.717) is 45.3 Å². The molecule has 1 aromatic heterocycles. The van der Waals surface area contributed by atoms with E-state index in [9.17, 15) is 9.59 Å². The third-order valence-electron chi connectivity index (χ3n) is 5.41. The number of thioether (sulfide) groups is 1. The quantitative estimate of drug-likeness (QED) is 0.245. The number of amides is 2. The average Bonchev–Trinajstić information content (AvgIpc) is 3.28. The molecular weight excluding hydrogens is 514 g/mol. The summed E-state index contributed by atoms with van der Waals surface area (Å²) in [4.78, 5) is 25.6. The Morgan fingerprint density at radius 2 is 1.86 bits per heavy atom. The lowest BCUT2D eigenvalue weighted by atomic mass is 10.0. The molecule has 3 rings (SSSR count). The van der Waals surface area contributed by atoms with E-state index in [1.54, 1.807) is 55.7 Å². The monoisotopic (exact) mass is 543 g/mol. The van der Waals surface area contributed by atoms with Crippen LogP contribution in [-0.4, -0.2) is 46.6 Å². The molecule has 9 nitrogen and oxygen atoms in total. The number of nitrogens with zero attached hydrogens (tertiary/aromatic N) is 3. The van der Waals surface area contributed by atoms with Crippen LogP contribution in [0.4, 0.5) is 5.69 Å². The van der Waals surface area contributed by atoms with E-state index >= 15 is 0 Å². The van der Waals surface area contributed by atoms with Gasteiger partial charge < -0.3 is 24.7 Å². The first-order valence-electron chi connectivity index (χ1n) is 11.5. The van der Waals surface area contributed by atoms with E-state index < -0.39 is 6.04 Å². The van der Waals surface area contributed by atoms with Crippen molar-refractivity contribution in [1.82, 2.24) is 20.1 Å². The molecule has 1 unspecified atom stereocenters. The molecule has 0 saturated heterocycles. The van der Waals surface area contributed by atoms with Crippen LogP contribution in [0.2, 0.25) is 5.02 Å². The molecule has 0 saturated carbocycles. The Morgan fingerprint density at radius 1 is 1.14 bits per heavy atom. The summed E-state index contributed by atoms with van der Waals surface area (Å²) in [6, 6.07) is 11.5. The zero-order valence-electron chi connectivity index (χ0n) is 21.2. The number of carbonyl (C=O) groups is 2. The average molecular weight is 544 g/mol. The molecule has 1 atom stereocenters. The van der Waals surface area contributed by atoms with E-state index in [0.717, 1.165) is 0 Å². The largest absolute Gasteiger partial charge is 0.497 e. The van der Waals surface area contributed by atoms with Gasteiger partial charge in [-0.3, -0.25) is 9.59 Å². The number of aromatic nitrogens is 3. The van der Waals surface area contributed by atoms with Crippen molar-refractivity contribution in [3.63, 3.8) is 0 Å². The summed E-state index contributed by atoms with van der Waals surface area (Å²) >= 11 is 7.28. The van der Waals surface area contributed by atoms with E-state index in [1.807, 2.05) is 18.4 Å². The van der Waals surface area contributed by atoms with Crippen molar-refractivity contribution in [2.75, 3.05) is 25.3 Å². The molecule has 0 aliphatic carbocycles. The van der Waals surface area contributed by atoms with Crippen LogP contribution in [-0.2, 0) is 11.3 Å². The minimum absolute atomic E-state index is 0.0198. The van der Waals surface area contributed by atoms with E-state index in [2.05, 4.69) is 27.4 Å². The normalized spacial score (nSPS) is 11.6. The number of methoxy groups -OCH3 is 2. The Morgan fingerprint density at radius 3 is 2.49 bits per heavy atom. The number of hydrogen-bond donors (Lipinski definition) is 2.